The van der Waals surface area contributed by atoms with Crippen LogP contribution in [0.15, 0.2) is 29.2 Å². The molecule has 1 aromatic heterocycles. The fourth-order valence-corrected chi connectivity index (χ4v) is 4.56. The molecule has 2 fully saturated rings. The summed E-state index contributed by atoms with van der Waals surface area (Å²) in [6.07, 6.45) is 4.11. The predicted molar refractivity (Wildman–Crippen MR) is 108 cm³/mol. The molecular formula is C22H32N2O5. The molecule has 2 aliphatic heterocycles. The first-order chi connectivity index (χ1) is 13.9. The van der Waals surface area contributed by atoms with E-state index in [1.165, 1.54) is 12.2 Å². The van der Waals surface area contributed by atoms with Gasteiger partial charge in [-0.2, -0.15) is 0 Å². The Kier molecular flexibility index (Phi) is 6.80. The fourth-order valence-electron chi connectivity index (χ4n) is 4.56. The molecule has 7 nitrogen and oxygen atoms in total. The second-order valence-electron chi connectivity index (χ2n) is 8.14. The second kappa shape index (κ2) is 9.13. The highest BCUT2D eigenvalue weighted by molar-refractivity contribution is 5.88. The monoisotopic (exact) mass is 404 g/mol. The van der Waals surface area contributed by atoms with Crippen LogP contribution in [0.3, 0.4) is 0 Å². The van der Waals surface area contributed by atoms with Crippen molar-refractivity contribution in [1.82, 2.24) is 9.96 Å². The third-order valence-electron chi connectivity index (χ3n) is 6.31. The largest absolute Gasteiger partial charge is 0.469 e. The number of methoxy groups -OCH3 is 1. The summed E-state index contributed by atoms with van der Waals surface area (Å²) in [6, 6.07) is 4.05. The Bertz CT molecular complexity index is 735. The highest BCUT2D eigenvalue weighted by Gasteiger charge is 2.58. The van der Waals surface area contributed by atoms with E-state index in [0.717, 1.165) is 37.6 Å². The van der Waals surface area contributed by atoms with Gasteiger partial charge in [-0.05, 0) is 44.9 Å². The molecule has 2 atom stereocenters. The van der Waals surface area contributed by atoms with Crippen LogP contribution in [-0.4, -0.2) is 60.7 Å². The van der Waals surface area contributed by atoms with E-state index < -0.39 is 11.5 Å². The number of esters is 1. The summed E-state index contributed by atoms with van der Waals surface area (Å²) in [5.74, 6) is 1.33. The molecule has 2 saturated heterocycles. The summed E-state index contributed by atoms with van der Waals surface area (Å²) in [5.41, 5.74) is -0.632. The number of piperidine rings is 1. The average molecular weight is 405 g/mol. The van der Waals surface area contributed by atoms with Gasteiger partial charge in [0.1, 0.15) is 11.5 Å². The molecule has 2 aliphatic rings. The minimum absolute atomic E-state index is 0.138. The van der Waals surface area contributed by atoms with Crippen LogP contribution in [0, 0.1) is 12.8 Å². The van der Waals surface area contributed by atoms with E-state index >= 15 is 0 Å². The number of hydroxylamine groups is 2. The van der Waals surface area contributed by atoms with Crippen molar-refractivity contribution in [3.05, 3.63) is 36.3 Å². The van der Waals surface area contributed by atoms with Crippen LogP contribution in [0.2, 0.25) is 0 Å². The molecule has 0 saturated carbocycles. The Balaban J connectivity index is 1.63. The lowest BCUT2D eigenvalue weighted by Crippen LogP contribution is -2.57. The quantitative estimate of drug-likeness (QED) is 0.490. The number of carbonyl (C=O) groups excluding carboxylic acids is 2. The molecule has 29 heavy (non-hydrogen) atoms. The molecule has 0 unspecified atom stereocenters. The summed E-state index contributed by atoms with van der Waals surface area (Å²) < 4.78 is 10.7. The van der Waals surface area contributed by atoms with Gasteiger partial charge in [0.25, 0.3) is 0 Å². The number of amides is 1. The van der Waals surface area contributed by atoms with Crippen LogP contribution in [0.5, 0.6) is 0 Å². The number of nitrogens with zero attached hydrogens (tertiary/aromatic N) is 2. The van der Waals surface area contributed by atoms with Gasteiger partial charge in [-0.1, -0.05) is 13.0 Å². The molecule has 0 aliphatic carbocycles. The number of hydrogen-bond acceptors (Lipinski definition) is 6. The van der Waals surface area contributed by atoms with Crippen molar-refractivity contribution in [3.63, 3.8) is 0 Å². The number of ether oxygens (including phenoxy) is 1. The zero-order chi connectivity index (χ0) is 21.0. The SMILES string of the molecule is C=CCON1C(=O)C[C@H](C(=O)OC)C12CCN(CC[C@H](C)c1ccc(C)o1)CC2. The first kappa shape index (κ1) is 21.6. The molecule has 3 heterocycles. The molecule has 1 spiro atoms. The minimum Gasteiger partial charge on any atom is -0.469 e. The standard InChI is InChI=1S/C22H32N2O5/c1-5-14-28-24-20(25)15-18(21(26)27-4)22(24)9-12-23(13-10-22)11-8-16(2)19-7-6-17(3)29-19/h5-7,16,18H,1,8-15H2,2-4H3/t16-,18+/m0/s1. The van der Waals surface area contributed by atoms with Gasteiger partial charge in [0, 0.05) is 25.4 Å². The molecule has 160 valence electrons. The molecule has 0 radical (unpaired) electrons. The Morgan fingerprint density at radius 1 is 1.41 bits per heavy atom. The topological polar surface area (TPSA) is 72.2 Å². The highest BCUT2D eigenvalue weighted by Crippen LogP contribution is 2.44. The van der Waals surface area contributed by atoms with Gasteiger partial charge in [0.05, 0.1) is 25.2 Å². The number of furan rings is 1. The normalized spacial score (nSPS) is 22.8. The molecular weight excluding hydrogens is 372 g/mol. The Morgan fingerprint density at radius 2 is 2.14 bits per heavy atom. The second-order valence-corrected chi connectivity index (χ2v) is 8.14. The molecule has 0 bridgehead atoms. The first-order valence-electron chi connectivity index (χ1n) is 10.3. The van der Waals surface area contributed by atoms with E-state index in [1.54, 1.807) is 6.08 Å². The maximum Gasteiger partial charge on any atom is 0.311 e. The summed E-state index contributed by atoms with van der Waals surface area (Å²) >= 11 is 0. The van der Waals surface area contributed by atoms with Gasteiger partial charge in [0.15, 0.2) is 0 Å². The molecule has 0 aromatic carbocycles. The van der Waals surface area contributed by atoms with Gasteiger partial charge in [-0.3, -0.25) is 14.4 Å². The van der Waals surface area contributed by atoms with Crippen molar-refractivity contribution >= 4 is 11.9 Å². The van der Waals surface area contributed by atoms with Gasteiger partial charge in [0.2, 0.25) is 5.91 Å². The van der Waals surface area contributed by atoms with Crippen molar-refractivity contribution in [2.45, 2.75) is 51.0 Å². The van der Waals surface area contributed by atoms with E-state index in [4.69, 9.17) is 14.0 Å². The maximum atomic E-state index is 12.6. The van der Waals surface area contributed by atoms with Crippen LogP contribution in [0.25, 0.3) is 0 Å². The van der Waals surface area contributed by atoms with Gasteiger partial charge in [-0.25, -0.2) is 5.06 Å². The van der Waals surface area contributed by atoms with Crippen molar-refractivity contribution < 1.29 is 23.6 Å². The predicted octanol–water partition coefficient (Wildman–Crippen LogP) is 3.06. The number of hydrogen-bond donors (Lipinski definition) is 0. The zero-order valence-corrected chi connectivity index (χ0v) is 17.7. The third kappa shape index (κ3) is 4.41. The van der Waals surface area contributed by atoms with E-state index in [2.05, 4.69) is 18.4 Å². The van der Waals surface area contributed by atoms with Gasteiger partial charge in [-0.15, -0.1) is 6.58 Å². The number of rotatable bonds is 8. The van der Waals surface area contributed by atoms with Crippen LogP contribution >= 0.6 is 0 Å². The lowest BCUT2D eigenvalue weighted by atomic mass is 9.77. The Labute approximate surface area is 172 Å². The number of carbonyl (C=O) groups is 2. The number of aryl methyl sites for hydroxylation is 1. The molecule has 1 aromatic rings. The van der Waals surface area contributed by atoms with Crippen LogP contribution < -0.4 is 0 Å². The Morgan fingerprint density at radius 3 is 2.72 bits per heavy atom. The van der Waals surface area contributed by atoms with Crippen LogP contribution in [0.1, 0.15) is 50.0 Å². The van der Waals surface area contributed by atoms with Crippen LogP contribution in [-0.2, 0) is 19.2 Å². The van der Waals surface area contributed by atoms with E-state index in [0.29, 0.717) is 18.8 Å². The van der Waals surface area contributed by atoms with E-state index in [1.807, 2.05) is 19.1 Å². The average Bonchev–Trinajstić information content (AvgIpc) is 3.27. The lowest BCUT2D eigenvalue weighted by Gasteiger charge is -2.45. The molecule has 7 heteroatoms. The fraction of sp³-hybridized carbons (Fsp3) is 0.636. The number of likely N-dealkylation sites (tertiary alicyclic amines) is 1. The Hall–Kier alpha value is -2.12. The summed E-state index contributed by atoms with van der Waals surface area (Å²) in [7, 11) is 1.38. The lowest BCUT2D eigenvalue weighted by molar-refractivity contribution is -0.218. The first-order valence-corrected chi connectivity index (χ1v) is 10.3. The van der Waals surface area contributed by atoms with E-state index in [9.17, 15) is 9.59 Å². The van der Waals surface area contributed by atoms with Crippen LogP contribution in [0.4, 0.5) is 0 Å². The maximum absolute atomic E-state index is 12.6. The van der Waals surface area contributed by atoms with Crippen molar-refractivity contribution in [2.75, 3.05) is 33.4 Å². The van der Waals surface area contributed by atoms with Crippen molar-refractivity contribution in [3.8, 4) is 0 Å². The molecule has 3 rings (SSSR count). The molecule has 1 amide bonds. The molecule has 0 N–H and O–H groups in total. The summed E-state index contributed by atoms with van der Waals surface area (Å²) in [5, 5.41) is 1.45. The smallest absolute Gasteiger partial charge is 0.311 e. The minimum atomic E-state index is -0.632. The van der Waals surface area contributed by atoms with Gasteiger partial charge >= 0.3 is 5.97 Å². The van der Waals surface area contributed by atoms with Crippen molar-refractivity contribution in [1.29, 1.82) is 0 Å². The highest BCUT2D eigenvalue weighted by atomic mass is 16.7. The summed E-state index contributed by atoms with van der Waals surface area (Å²) in [6.45, 7) is 10.6. The summed E-state index contributed by atoms with van der Waals surface area (Å²) in [4.78, 5) is 33.1. The zero-order valence-electron chi connectivity index (χ0n) is 17.7. The van der Waals surface area contributed by atoms with E-state index in [-0.39, 0.29) is 24.9 Å². The van der Waals surface area contributed by atoms with Gasteiger partial charge < -0.3 is 14.1 Å². The van der Waals surface area contributed by atoms with Crippen molar-refractivity contribution in [2.24, 2.45) is 5.92 Å². The third-order valence-corrected chi connectivity index (χ3v) is 6.31.